The molecule has 1 unspecified atom stereocenters. The lowest BCUT2D eigenvalue weighted by molar-refractivity contribution is -0.129. The monoisotopic (exact) mass is 461 g/mol. The van der Waals surface area contributed by atoms with Crippen molar-refractivity contribution in [2.75, 3.05) is 11.4 Å². The largest absolute Gasteiger partial charge is 0.477 e. The predicted octanol–water partition coefficient (Wildman–Crippen LogP) is 4.76. The van der Waals surface area contributed by atoms with E-state index in [1.54, 1.807) is 17.2 Å². The van der Waals surface area contributed by atoms with Crippen LogP contribution in [-0.2, 0) is 16.0 Å². The average Bonchev–Trinajstić information content (AvgIpc) is 3.35. The number of amides is 2. The summed E-state index contributed by atoms with van der Waals surface area (Å²) in [6.45, 7) is 4.27. The first-order valence-corrected chi connectivity index (χ1v) is 12.0. The fourth-order valence-electron chi connectivity index (χ4n) is 4.08. The lowest BCUT2D eigenvalue weighted by atomic mass is 10.1. The molecule has 34 heavy (non-hydrogen) atoms. The van der Waals surface area contributed by atoms with Crippen LogP contribution >= 0.6 is 0 Å². The first kappa shape index (κ1) is 23.5. The van der Waals surface area contributed by atoms with Gasteiger partial charge in [-0.3, -0.25) is 9.59 Å². The Labute approximate surface area is 200 Å². The van der Waals surface area contributed by atoms with Crippen LogP contribution in [0, 0.1) is 0 Å². The van der Waals surface area contributed by atoms with Gasteiger partial charge in [-0.05, 0) is 31.4 Å². The van der Waals surface area contributed by atoms with E-state index in [1.165, 1.54) is 0 Å². The average molecular weight is 462 g/mol. The summed E-state index contributed by atoms with van der Waals surface area (Å²) < 4.78 is 11.8. The number of oxazole rings is 1. The van der Waals surface area contributed by atoms with Gasteiger partial charge in [0.15, 0.2) is 17.8 Å². The molecule has 2 aromatic carbocycles. The second-order valence-electron chi connectivity index (χ2n) is 8.44. The van der Waals surface area contributed by atoms with Crippen molar-refractivity contribution >= 4 is 17.5 Å². The normalized spacial score (nSPS) is 15.0. The number of hydrogen-bond donors (Lipinski definition) is 1. The summed E-state index contributed by atoms with van der Waals surface area (Å²) in [6.07, 6.45) is 4.15. The smallest absolute Gasteiger partial charge is 0.263 e. The summed E-state index contributed by atoms with van der Waals surface area (Å²) >= 11 is 0. The number of rotatable bonds is 9. The Hall–Kier alpha value is -3.61. The van der Waals surface area contributed by atoms with Gasteiger partial charge in [0.2, 0.25) is 5.91 Å². The van der Waals surface area contributed by atoms with E-state index < -0.39 is 6.10 Å². The van der Waals surface area contributed by atoms with Gasteiger partial charge in [-0.25, -0.2) is 4.98 Å². The van der Waals surface area contributed by atoms with Gasteiger partial charge in [-0.1, -0.05) is 56.3 Å². The topological polar surface area (TPSA) is 84.7 Å². The number of nitrogens with one attached hydrogen (secondary N) is 1. The molecule has 1 aliphatic heterocycles. The highest BCUT2D eigenvalue weighted by Crippen LogP contribution is 2.34. The van der Waals surface area contributed by atoms with Crippen LogP contribution in [0.4, 0.5) is 5.69 Å². The quantitative estimate of drug-likeness (QED) is 0.497. The molecule has 0 bridgehead atoms. The fourth-order valence-corrected chi connectivity index (χ4v) is 4.08. The summed E-state index contributed by atoms with van der Waals surface area (Å²) in [5.41, 5.74) is 1.67. The Morgan fingerprint density at radius 1 is 1.09 bits per heavy atom. The van der Waals surface area contributed by atoms with Gasteiger partial charge >= 0.3 is 0 Å². The van der Waals surface area contributed by atoms with Crippen molar-refractivity contribution in [1.29, 1.82) is 0 Å². The molecule has 2 heterocycles. The number of benzene rings is 2. The first-order valence-electron chi connectivity index (χ1n) is 12.0. The Bertz CT molecular complexity index is 1110. The van der Waals surface area contributed by atoms with Crippen LogP contribution in [0.3, 0.4) is 0 Å². The molecule has 3 aromatic rings. The third-order valence-electron chi connectivity index (χ3n) is 6.09. The molecule has 0 fully saturated rings. The summed E-state index contributed by atoms with van der Waals surface area (Å²) in [5, 5.41) is 3.03. The molecule has 0 aliphatic carbocycles. The van der Waals surface area contributed by atoms with Crippen molar-refractivity contribution in [2.24, 2.45) is 0 Å². The number of ether oxygens (including phenoxy) is 1. The van der Waals surface area contributed by atoms with E-state index in [1.807, 2.05) is 62.4 Å². The number of aryl methyl sites for hydroxylation is 1. The molecular formula is C27H31N3O4. The first-order chi connectivity index (χ1) is 16.6. The van der Waals surface area contributed by atoms with Gasteiger partial charge < -0.3 is 19.4 Å². The zero-order chi connectivity index (χ0) is 23.9. The molecule has 4 rings (SSSR count). The number of aromatic nitrogens is 1. The van der Waals surface area contributed by atoms with Gasteiger partial charge in [-0.15, -0.1) is 0 Å². The van der Waals surface area contributed by atoms with Crippen molar-refractivity contribution < 1.29 is 18.7 Å². The van der Waals surface area contributed by atoms with Crippen molar-refractivity contribution in [3.8, 4) is 17.1 Å². The molecule has 1 N–H and O–H groups in total. The number of hydrogen-bond acceptors (Lipinski definition) is 5. The van der Waals surface area contributed by atoms with E-state index in [9.17, 15) is 9.59 Å². The molecule has 0 radical (unpaired) electrons. The maximum atomic E-state index is 13.2. The highest BCUT2D eigenvalue weighted by atomic mass is 16.5. The number of anilines is 1. The van der Waals surface area contributed by atoms with Gasteiger partial charge in [-0.2, -0.15) is 0 Å². The number of para-hydroxylation sites is 2. The standard InChI is InChI=1S/C27H31N3O4/c1-3-20(4-2)29-27(32)24-18-30(21-13-8-9-14-22(21)33-24)26(31)16-10-15-25-28-17-23(34-25)19-11-6-5-7-12-19/h5-9,11-14,17,20,24H,3-4,10,15-16,18H2,1-2H3,(H,29,32). The van der Waals surface area contributed by atoms with Crippen molar-refractivity contribution in [1.82, 2.24) is 10.3 Å². The fraction of sp³-hybridized carbons (Fsp3) is 0.370. The van der Waals surface area contributed by atoms with Gasteiger partial charge in [0.1, 0.15) is 5.75 Å². The second-order valence-corrected chi connectivity index (χ2v) is 8.44. The summed E-state index contributed by atoms with van der Waals surface area (Å²) in [5.74, 6) is 1.64. The highest BCUT2D eigenvalue weighted by molar-refractivity contribution is 5.97. The Balaban J connectivity index is 1.38. The zero-order valence-corrected chi connectivity index (χ0v) is 19.7. The van der Waals surface area contributed by atoms with Crippen LogP contribution in [0.2, 0.25) is 0 Å². The van der Waals surface area contributed by atoms with Crippen LogP contribution in [0.1, 0.15) is 45.4 Å². The molecule has 1 atom stereocenters. The predicted molar refractivity (Wildman–Crippen MR) is 131 cm³/mol. The minimum Gasteiger partial charge on any atom is -0.477 e. The van der Waals surface area contributed by atoms with Crippen LogP contribution < -0.4 is 15.0 Å². The third kappa shape index (κ3) is 5.47. The molecule has 7 nitrogen and oxygen atoms in total. The van der Waals surface area contributed by atoms with Crippen molar-refractivity contribution in [2.45, 2.75) is 58.1 Å². The molecule has 0 spiro atoms. The SMILES string of the molecule is CCC(CC)NC(=O)C1CN(C(=O)CCCc2ncc(-c3ccccc3)o2)c2ccccc2O1. The number of carbonyl (C=O) groups excluding carboxylic acids is 2. The highest BCUT2D eigenvalue weighted by Gasteiger charge is 2.34. The maximum Gasteiger partial charge on any atom is 0.263 e. The van der Waals surface area contributed by atoms with Crippen LogP contribution in [0.5, 0.6) is 5.75 Å². The Kier molecular flexibility index (Phi) is 7.62. The Morgan fingerprint density at radius 3 is 2.59 bits per heavy atom. The summed E-state index contributed by atoms with van der Waals surface area (Å²) in [7, 11) is 0. The van der Waals surface area contributed by atoms with Gasteiger partial charge in [0, 0.05) is 24.4 Å². The lowest BCUT2D eigenvalue weighted by Gasteiger charge is -2.34. The van der Waals surface area contributed by atoms with Crippen LogP contribution in [-0.4, -0.2) is 35.5 Å². The molecule has 2 amide bonds. The maximum absolute atomic E-state index is 13.2. The van der Waals surface area contributed by atoms with Gasteiger partial charge in [0.25, 0.3) is 5.91 Å². The second kappa shape index (κ2) is 11.0. The van der Waals surface area contributed by atoms with Crippen LogP contribution in [0.15, 0.2) is 65.2 Å². The molecular weight excluding hydrogens is 430 g/mol. The van der Waals surface area contributed by atoms with E-state index >= 15 is 0 Å². The molecule has 0 saturated heterocycles. The minimum absolute atomic E-state index is 0.0501. The zero-order valence-electron chi connectivity index (χ0n) is 19.7. The number of fused-ring (bicyclic) bond motifs is 1. The number of nitrogens with zero attached hydrogens (tertiary/aromatic N) is 2. The van der Waals surface area contributed by atoms with E-state index in [0.717, 1.165) is 24.2 Å². The molecule has 0 saturated carbocycles. The van der Waals surface area contributed by atoms with Crippen LogP contribution in [0.25, 0.3) is 11.3 Å². The summed E-state index contributed by atoms with van der Waals surface area (Å²) in [6, 6.07) is 17.3. The molecule has 7 heteroatoms. The van der Waals surface area contributed by atoms with Crippen molar-refractivity contribution in [3.05, 3.63) is 66.7 Å². The number of carbonyl (C=O) groups is 2. The third-order valence-corrected chi connectivity index (χ3v) is 6.09. The molecule has 1 aromatic heterocycles. The van der Waals surface area contributed by atoms with E-state index in [0.29, 0.717) is 36.6 Å². The van der Waals surface area contributed by atoms with E-state index in [2.05, 4.69) is 10.3 Å². The molecule has 1 aliphatic rings. The Morgan fingerprint density at radius 2 is 1.82 bits per heavy atom. The minimum atomic E-state index is -0.736. The van der Waals surface area contributed by atoms with E-state index in [-0.39, 0.29) is 24.4 Å². The van der Waals surface area contributed by atoms with Crippen molar-refractivity contribution in [3.63, 3.8) is 0 Å². The summed E-state index contributed by atoms with van der Waals surface area (Å²) in [4.78, 5) is 32.0. The lowest BCUT2D eigenvalue weighted by Crippen LogP contribution is -2.52. The van der Waals surface area contributed by atoms with Gasteiger partial charge in [0.05, 0.1) is 18.4 Å². The molecule has 178 valence electrons. The van der Waals surface area contributed by atoms with E-state index in [4.69, 9.17) is 9.15 Å².